The number of nitriles is 1. The molecule has 1 heterocycles. The van der Waals surface area contributed by atoms with Gasteiger partial charge in [0.2, 0.25) is 10.0 Å². The topological polar surface area (TPSA) is 128 Å². The number of benzene rings is 2. The fraction of sp³-hybridized carbons (Fsp3) is 0.250. The van der Waals surface area contributed by atoms with E-state index >= 15 is 0 Å². The van der Waals surface area contributed by atoms with Crippen LogP contribution in [0.15, 0.2) is 47.4 Å². The minimum absolute atomic E-state index is 0.0113. The van der Waals surface area contributed by atoms with Crippen LogP contribution in [0.25, 0.3) is 0 Å². The molecule has 150 valence electrons. The molecule has 2 aromatic rings. The molecule has 3 rings (SSSR count). The molecule has 2 N–H and O–H groups in total. The van der Waals surface area contributed by atoms with Crippen molar-refractivity contribution in [2.75, 3.05) is 11.9 Å². The third-order valence-corrected chi connectivity index (χ3v) is 6.83. The predicted octanol–water partition coefficient (Wildman–Crippen LogP) is 2.68. The Kier molecular flexibility index (Phi) is 5.68. The van der Waals surface area contributed by atoms with Gasteiger partial charge in [-0.15, -0.1) is 0 Å². The van der Waals surface area contributed by atoms with Crippen LogP contribution in [-0.2, 0) is 10.0 Å². The van der Waals surface area contributed by atoms with Crippen LogP contribution >= 0.6 is 0 Å². The maximum absolute atomic E-state index is 12.9. The van der Waals surface area contributed by atoms with Crippen molar-refractivity contribution in [3.05, 3.63) is 59.2 Å². The van der Waals surface area contributed by atoms with Gasteiger partial charge < -0.3 is 10.4 Å². The lowest BCUT2D eigenvalue weighted by Crippen LogP contribution is -2.33. The number of aromatic carboxylic acids is 1. The van der Waals surface area contributed by atoms with Crippen molar-refractivity contribution < 1.29 is 23.1 Å². The quantitative estimate of drug-likeness (QED) is 0.776. The highest BCUT2D eigenvalue weighted by Gasteiger charge is 2.32. The van der Waals surface area contributed by atoms with Gasteiger partial charge in [-0.3, -0.25) is 4.79 Å². The van der Waals surface area contributed by atoms with Gasteiger partial charge in [0.1, 0.15) is 0 Å². The molecule has 1 fully saturated rings. The van der Waals surface area contributed by atoms with Crippen molar-refractivity contribution in [1.82, 2.24) is 4.31 Å². The first kappa shape index (κ1) is 20.5. The van der Waals surface area contributed by atoms with Gasteiger partial charge in [-0.2, -0.15) is 9.57 Å². The predicted molar refractivity (Wildman–Crippen MR) is 105 cm³/mol. The first-order valence-corrected chi connectivity index (χ1v) is 10.4. The van der Waals surface area contributed by atoms with Crippen LogP contribution in [0.4, 0.5) is 5.69 Å². The number of carbonyl (C=O) groups is 2. The molecule has 0 bridgehead atoms. The number of nitrogens with one attached hydrogen (secondary N) is 1. The van der Waals surface area contributed by atoms with E-state index in [-0.39, 0.29) is 33.3 Å². The zero-order valence-corrected chi connectivity index (χ0v) is 16.4. The minimum atomic E-state index is -3.72. The summed E-state index contributed by atoms with van der Waals surface area (Å²) in [5, 5.41) is 20.7. The van der Waals surface area contributed by atoms with Crippen LogP contribution in [0.3, 0.4) is 0 Å². The molecule has 1 atom stereocenters. The van der Waals surface area contributed by atoms with Crippen molar-refractivity contribution in [3.63, 3.8) is 0 Å². The summed E-state index contributed by atoms with van der Waals surface area (Å²) in [6.07, 6.45) is 1.58. The van der Waals surface area contributed by atoms with Gasteiger partial charge in [0, 0.05) is 18.2 Å². The summed E-state index contributed by atoms with van der Waals surface area (Å²) < 4.78 is 27.2. The van der Waals surface area contributed by atoms with E-state index in [9.17, 15) is 23.1 Å². The number of carboxylic acids is 1. The van der Waals surface area contributed by atoms with Crippen LogP contribution in [0.2, 0.25) is 0 Å². The van der Waals surface area contributed by atoms with E-state index in [1.807, 2.05) is 13.0 Å². The van der Waals surface area contributed by atoms with E-state index in [0.717, 1.165) is 18.9 Å². The highest BCUT2D eigenvalue weighted by Crippen LogP contribution is 2.26. The summed E-state index contributed by atoms with van der Waals surface area (Å²) in [5.41, 5.74) is 0.0156. The zero-order chi connectivity index (χ0) is 21.2. The Morgan fingerprint density at radius 1 is 1.24 bits per heavy atom. The van der Waals surface area contributed by atoms with Gasteiger partial charge >= 0.3 is 5.97 Å². The van der Waals surface area contributed by atoms with Crippen molar-refractivity contribution in [2.24, 2.45) is 0 Å². The highest BCUT2D eigenvalue weighted by molar-refractivity contribution is 7.89. The third kappa shape index (κ3) is 4.13. The maximum atomic E-state index is 12.9. The molecule has 1 saturated heterocycles. The van der Waals surface area contributed by atoms with Gasteiger partial charge in [-0.1, -0.05) is 6.07 Å². The van der Waals surface area contributed by atoms with E-state index in [2.05, 4.69) is 5.32 Å². The number of hydrogen-bond acceptors (Lipinski definition) is 5. The fourth-order valence-electron chi connectivity index (χ4n) is 3.29. The van der Waals surface area contributed by atoms with E-state index in [0.29, 0.717) is 6.54 Å². The molecular formula is C20H19N3O5S. The summed E-state index contributed by atoms with van der Waals surface area (Å²) in [6, 6.07) is 11.2. The molecule has 0 aromatic heterocycles. The van der Waals surface area contributed by atoms with E-state index in [4.69, 9.17) is 5.26 Å². The number of amides is 1. The second kappa shape index (κ2) is 8.03. The highest BCUT2D eigenvalue weighted by atomic mass is 32.2. The molecule has 1 amide bonds. The molecule has 0 saturated carbocycles. The first-order valence-electron chi connectivity index (χ1n) is 8.94. The number of carbonyl (C=O) groups excluding carboxylic acids is 1. The fourth-order valence-corrected chi connectivity index (χ4v) is 5.04. The summed E-state index contributed by atoms with van der Waals surface area (Å²) in [6.45, 7) is 2.28. The lowest BCUT2D eigenvalue weighted by molar-refractivity contribution is 0.0698. The Labute approximate surface area is 168 Å². The van der Waals surface area contributed by atoms with Crippen molar-refractivity contribution >= 4 is 27.6 Å². The van der Waals surface area contributed by atoms with Gasteiger partial charge in [0.25, 0.3) is 5.91 Å². The Hall–Kier alpha value is -3.22. The molecular weight excluding hydrogens is 394 g/mol. The summed E-state index contributed by atoms with van der Waals surface area (Å²) in [4.78, 5) is 24.1. The number of carboxylic acid groups (broad SMARTS) is 1. The van der Waals surface area contributed by atoms with Gasteiger partial charge in [-0.25, -0.2) is 13.2 Å². The lowest BCUT2D eigenvalue weighted by Gasteiger charge is -2.21. The van der Waals surface area contributed by atoms with Gasteiger partial charge in [0.15, 0.2) is 0 Å². The Bertz CT molecular complexity index is 1120. The van der Waals surface area contributed by atoms with Gasteiger partial charge in [0.05, 0.1) is 27.8 Å². The second-order valence-electron chi connectivity index (χ2n) is 6.77. The van der Waals surface area contributed by atoms with E-state index < -0.39 is 21.9 Å². The molecule has 0 radical (unpaired) electrons. The maximum Gasteiger partial charge on any atom is 0.337 e. The number of hydrogen-bond donors (Lipinski definition) is 2. The molecule has 0 spiro atoms. The van der Waals surface area contributed by atoms with Crippen LogP contribution in [0.1, 0.15) is 46.0 Å². The standard InChI is InChI=1S/C20H19N3O5S/c1-13-4-3-9-23(13)29(27,28)16-6-2-5-15(11-16)19(24)22-18-8-7-14(12-21)10-17(18)20(25)26/h2,5-8,10-11,13H,3-4,9H2,1H3,(H,22,24)(H,25,26). The molecule has 1 aliphatic rings. The number of anilines is 1. The van der Waals surface area contributed by atoms with Crippen molar-refractivity contribution in [3.8, 4) is 6.07 Å². The van der Waals surface area contributed by atoms with Crippen LogP contribution < -0.4 is 5.32 Å². The normalized spacial score (nSPS) is 16.9. The minimum Gasteiger partial charge on any atom is -0.478 e. The van der Waals surface area contributed by atoms with Crippen LogP contribution in [0, 0.1) is 11.3 Å². The SMILES string of the molecule is CC1CCCN1S(=O)(=O)c1cccc(C(=O)Nc2ccc(C#N)cc2C(=O)O)c1. The summed E-state index contributed by atoms with van der Waals surface area (Å²) in [5.74, 6) is -1.94. The average molecular weight is 413 g/mol. The summed E-state index contributed by atoms with van der Waals surface area (Å²) in [7, 11) is -3.72. The van der Waals surface area contributed by atoms with Gasteiger partial charge in [-0.05, 0) is 56.2 Å². The number of rotatable bonds is 5. The molecule has 9 heteroatoms. The lowest BCUT2D eigenvalue weighted by atomic mass is 10.1. The van der Waals surface area contributed by atoms with Crippen molar-refractivity contribution in [2.45, 2.75) is 30.7 Å². The summed E-state index contributed by atoms with van der Waals surface area (Å²) >= 11 is 0. The van der Waals surface area contributed by atoms with Crippen LogP contribution in [0.5, 0.6) is 0 Å². The molecule has 1 aliphatic heterocycles. The third-order valence-electron chi connectivity index (χ3n) is 4.82. The Balaban J connectivity index is 1.89. The zero-order valence-electron chi connectivity index (χ0n) is 15.6. The number of nitrogens with zero attached hydrogens (tertiary/aromatic N) is 2. The average Bonchev–Trinajstić information content (AvgIpc) is 3.15. The smallest absolute Gasteiger partial charge is 0.337 e. The molecule has 0 aliphatic carbocycles. The Morgan fingerprint density at radius 3 is 2.62 bits per heavy atom. The molecule has 8 nitrogen and oxygen atoms in total. The second-order valence-corrected chi connectivity index (χ2v) is 8.66. The van der Waals surface area contributed by atoms with E-state index in [1.165, 1.54) is 40.7 Å². The molecule has 1 unspecified atom stereocenters. The van der Waals surface area contributed by atoms with Crippen molar-refractivity contribution in [1.29, 1.82) is 5.26 Å². The van der Waals surface area contributed by atoms with E-state index in [1.54, 1.807) is 0 Å². The Morgan fingerprint density at radius 2 is 2.00 bits per heavy atom. The molecule has 29 heavy (non-hydrogen) atoms. The molecule has 2 aromatic carbocycles. The number of sulfonamides is 1. The monoisotopic (exact) mass is 413 g/mol. The first-order chi connectivity index (χ1) is 13.7. The largest absolute Gasteiger partial charge is 0.478 e. The van der Waals surface area contributed by atoms with Crippen LogP contribution in [-0.4, -0.2) is 42.3 Å².